The van der Waals surface area contributed by atoms with Crippen molar-refractivity contribution in [1.29, 1.82) is 0 Å². The van der Waals surface area contributed by atoms with Crippen molar-refractivity contribution in [3.05, 3.63) is 92.1 Å². The van der Waals surface area contributed by atoms with Gasteiger partial charge < -0.3 is 0 Å². The third-order valence-corrected chi connectivity index (χ3v) is 6.62. The first-order chi connectivity index (χ1) is 19.7. The van der Waals surface area contributed by atoms with Gasteiger partial charge in [-0.25, -0.2) is 9.78 Å². The second-order valence-electron chi connectivity index (χ2n) is 10.1. The Morgan fingerprint density at radius 1 is 1.02 bits per heavy atom. The fraction of sp³-hybridized carbons (Fsp3) is 0.333. The number of aromatic amines is 1. The number of hydrogen-bond acceptors (Lipinski definition) is 7. The molecule has 0 unspecified atom stereocenters. The van der Waals surface area contributed by atoms with E-state index in [1.54, 1.807) is 4.57 Å². The molecule has 0 saturated heterocycles. The van der Waals surface area contributed by atoms with E-state index in [9.17, 15) is 19.2 Å². The Balaban J connectivity index is 1.69. The largest absolute Gasteiger partial charge is 0.439 e. The topological polar surface area (TPSA) is 152 Å². The maximum absolute atomic E-state index is 13.9. The van der Waals surface area contributed by atoms with Crippen LogP contribution in [0.25, 0.3) is 22.5 Å². The van der Waals surface area contributed by atoms with Crippen molar-refractivity contribution in [2.45, 2.75) is 65.8 Å². The van der Waals surface area contributed by atoms with Gasteiger partial charge in [-0.15, -0.1) is 0 Å². The number of nitrogens with one attached hydrogen (secondary N) is 3. The molecular weight excluding hydrogens is 524 g/mol. The maximum atomic E-state index is 13.9. The first-order valence-electron chi connectivity index (χ1n) is 13.6. The number of hydrogen-bond donors (Lipinski definition) is 3. The first kappa shape index (κ1) is 29.2. The molecule has 0 bridgehead atoms. The van der Waals surface area contributed by atoms with Gasteiger partial charge in [-0.05, 0) is 29.0 Å². The third-order valence-electron chi connectivity index (χ3n) is 6.62. The smallest absolute Gasteiger partial charge is 0.296 e. The predicted octanol–water partition coefficient (Wildman–Crippen LogP) is 3.48. The summed E-state index contributed by atoms with van der Waals surface area (Å²) in [5.74, 6) is -0.582. The van der Waals surface area contributed by atoms with Crippen LogP contribution in [0.5, 0.6) is 0 Å². The van der Waals surface area contributed by atoms with Gasteiger partial charge in [-0.1, -0.05) is 80.9 Å². The minimum atomic E-state index is -0.626. The van der Waals surface area contributed by atoms with E-state index in [4.69, 9.17) is 4.98 Å². The number of aromatic nitrogens is 4. The van der Waals surface area contributed by atoms with Gasteiger partial charge in [0.2, 0.25) is 11.8 Å². The van der Waals surface area contributed by atoms with Crippen LogP contribution in [0.4, 0.5) is 0 Å². The molecule has 0 aliphatic heterocycles. The summed E-state index contributed by atoms with van der Waals surface area (Å²) >= 11 is 0. The Morgan fingerprint density at radius 2 is 1.73 bits per heavy atom. The number of unbranched alkanes of at least 4 members (excludes halogenated alkanes) is 1. The summed E-state index contributed by atoms with van der Waals surface area (Å²) in [5, 5.41) is 3.82. The van der Waals surface area contributed by atoms with E-state index < -0.39 is 17.6 Å². The van der Waals surface area contributed by atoms with Gasteiger partial charge >= 0.3 is 5.76 Å². The summed E-state index contributed by atoms with van der Waals surface area (Å²) in [5.41, 5.74) is 8.61. The second kappa shape index (κ2) is 13.0. The van der Waals surface area contributed by atoms with E-state index in [1.165, 1.54) is 6.92 Å². The van der Waals surface area contributed by atoms with Gasteiger partial charge in [0.05, 0.1) is 18.7 Å². The fourth-order valence-electron chi connectivity index (χ4n) is 4.61. The lowest BCUT2D eigenvalue weighted by molar-refractivity contribution is -0.127. The average Bonchev–Trinajstić information content (AvgIpc) is 3.39. The molecule has 11 nitrogen and oxygen atoms in total. The van der Waals surface area contributed by atoms with Gasteiger partial charge in [-0.2, -0.15) is 0 Å². The van der Waals surface area contributed by atoms with Gasteiger partial charge in [-0.3, -0.25) is 39.3 Å². The normalized spacial score (nSPS) is 11.0. The molecular formula is C30H34N6O5. The lowest BCUT2D eigenvalue weighted by Gasteiger charge is -2.19. The summed E-state index contributed by atoms with van der Waals surface area (Å²) in [6, 6.07) is 15.3. The molecule has 0 fully saturated rings. The molecule has 0 radical (unpaired) electrons. The minimum Gasteiger partial charge on any atom is -0.296 e. The van der Waals surface area contributed by atoms with Crippen molar-refractivity contribution in [1.82, 2.24) is 30.5 Å². The fourth-order valence-corrected chi connectivity index (χ4v) is 4.61. The van der Waals surface area contributed by atoms with Crippen LogP contribution in [-0.4, -0.2) is 31.5 Å². The average molecular weight is 559 g/mol. The standard InChI is InChI=1S/C30H34N6O5/c1-5-6-11-25-31-27(18(2)3)24(16-26(38)34-33-19(4)37)29(39)36(25)17-20-12-14-21(15-13-20)22-9-7-8-10-23(22)28-32-30(40)41-35-28/h7-10,12-15,18H,5-6,11,16-17H2,1-4H3,(H,33,37)(H,34,38)(H,32,35,40). The Labute approximate surface area is 237 Å². The van der Waals surface area contributed by atoms with E-state index in [2.05, 4.69) is 32.4 Å². The van der Waals surface area contributed by atoms with Crippen molar-refractivity contribution >= 4 is 11.8 Å². The van der Waals surface area contributed by atoms with Gasteiger partial charge in [0.15, 0.2) is 5.82 Å². The molecule has 4 aromatic rings. The van der Waals surface area contributed by atoms with Gasteiger partial charge in [0.1, 0.15) is 5.82 Å². The Morgan fingerprint density at radius 3 is 2.34 bits per heavy atom. The summed E-state index contributed by atoms with van der Waals surface area (Å²) in [7, 11) is 0. The van der Waals surface area contributed by atoms with Crippen LogP contribution in [0.15, 0.2) is 62.6 Å². The summed E-state index contributed by atoms with van der Waals surface area (Å²) in [6.45, 7) is 7.53. The highest BCUT2D eigenvalue weighted by atomic mass is 16.5. The number of hydrazine groups is 1. The Kier molecular flexibility index (Phi) is 9.28. The summed E-state index contributed by atoms with van der Waals surface area (Å²) < 4.78 is 6.33. The summed E-state index contributed by atoms with van der Waals surface area (Å²) in [4.78, 5) is 56.6. The zero-order valence-electron chi connectivity index (χ0n) is 23.6. The SMILES string of the molecule is CCCCc1nc(C(C)C)c(CC(=O)NNC(C)=O)c(=O)n1Cc1ccc(-c2ccccc2-c2noc(=O)[nH]2)cc1. The molecule has 41 heavy (non-hydrogen) atoms. The van der Waals surface area contributed by atoms with Crippen LogP contribution in [0.1, 0.15) is 69.1 Å². The van der Waals surface area contributed by atoms with Crippen LogP contribution in [0, 0.1) is 0 Å². The number of carbonyl (C=O) groups is 2. The highest BCUT2D eigenvalue weighted by Crippen LogP contribution is 2.30. The predicted molar refractivity (Wildman–Crippen MR) is 154 cm³/mol. The van der Waals surface area contributed by atoms with E-state index in [0.29, 0.717) is 29.3 Å². The zero-order chi connectivity index (χ0) is 29.5. The number of aryl methyl sites for hydroxylation is 1. The van der Waals surface area contributed by atoms with Crippen LogP contribution < -0.4 is 22.2 Å². The molecule has 4 rings (SSSR count). The number of nitrogens with zero attached hydrogens (tertiary/aromatic N) is 3. The van der Waals surface area contributed by atoms with Crippen LogP contribution >= 0.6 is 0 Å². The van der Waals surface area contributed by atoms with E-state index in [1.807, 2.05) is 62.4 Å². The molecule has 0 aliphatic carbocycles. The molecule has 3 N–H and O–H groups in total. The number of carbonyl (C=O) groups excluding carboxylic acids is 2. The monoisotopic (exact) mass is 558 g/mol. The zero-order valence-corrected chi connectivity index (χ0v) is 23.6. The quantitative estimate of drug-likeness (QED) is 0.252. The lowest BCUT2D eigenvalue weighted by atomic mass is 9.98. The first-order valence-corrected chi connectivity index (χ1v) is 13.6. The van der Waals surface area contributed by atoms with Crippen molar-refractivity contribution in [2.75, 3.05) is 0 Å². The minimum absolute atomic E-state index is 0.0692. The molecule has 2 amide bonds. The molecule has 2 heterocycles. The molecule has 11 heteroatoms. The Hall–Kier alpha value is -4.80. The van der Waals surface area contributed by atoms with Crippen molar-refractivity contribution < 1.29 is 14.1 Å². The van der Waals surface area contributed by atoms with Crippen LogP contribution in [-0.2, 0) is 29.0 Å². The lowest BCUT2D eigenvalue weighted by Crippen LogP contribution is -2.42. The number of rotatable bonds is 10. The van der Waals surface area contributed by atoms with Crippen molar-refractivity contribution in [3.8, 4) is 22.5 Å². The van der Waals surface area contributed by atoms with Gasteiger partial charge in [0, 0.05) is 24.5 Å². The molecule has 2 aromatic carbocycles. The maximum Gasteiger partial charge on any atom is 0.439 e. The summed E-state index contributed by atoms with van der Waals surface area (Å²) in [6.07, 6.45) is 2.24. The third kappa shape index (κ3) is 7.05. The van der Waals surface area contributed by atoms with Crippen molar-refractivity contribution in [2.24, 2.45) is 0 Å². The van der Waals surface area contributed by atoms with Gasteiger partial charge in [0.25, 0.3) is 5.56 Å². The van der Waals surface area contributed by atoms with E-state index in [-0.39, 0.29) is 24.4 Å². The molecule has 0 spiro atoms. The number of amides is 2. The second-order valence-corrected chi connectivity index (χ2v) is 10.1. The van der Waals surface area contributed by atoms with Crippen LogP contribution in [0.3, 0.4) is 0 Å². The molecule has 0 aliphatic rings. The Bertz CT molecular complexity index is 1650. The number of benzene rings is 2. The molecule has 214 valence electrons. The highest BCUT2D eigenvalue weighted by molar-refractivity contribution is 5.82. The molecule has 0 saturated carbocycles. The molecule has 2 aromatic heterocycles. The molecule has 0 atom stereocenters. The van der Waals surface area contributed by atoms with Crippen LogP contribution in [0.2, 0.25) is 0 Å². The van der Waals surface area contributed by atoms with E-state index in [0.717, 1.165) is 35.1 Å². The van der Waals surface area contributed by atoms with E-state index >= 15 is 0 Å². The number of H-pyrrole nitrogens is 1. The van der Waals surface area contributed by atoms with Crippen molar-refractivity contribution in [3.63, 3.8) is 0 Å². The highest BCUT2D eigenvalue weighted by Gasteiger charge is 2.21.